The molecule has 0 saturated carbocycles. The molecule has 1 aliphatic heterocycles. The number of aromatic nitrogens is 2. The van der Waals surface area contributed by atoms with E-state index >= 15 is 0 Å². The molecule has 1 fully saturated rings. The number of carbonyl (C=O) groups is 1. The summed E-state index contributed by atoms with van der Waals surface area (Å²) in [5, 5.41) is 2.89. The fraction of sp³-hybridized carbons (Fsp3) is 0.583. The normalized spacial score (nSPS) is 21.2. The molecular weight excluding hydrogens is 218 g/mol. The van der Waals surface area contributed by atoms with Gasteiger partial charge in [-0.05, 0) is 26.7 Å². The number of carbonyl (C=O) groups excluding carboxylic acids is 1. The number of nitrogens with one attached hydrogen (secondary N) is 1. The van der Waals surface area contributed by atoms with Gasteiger partial charge in [-0.2, -0.15) is 0 Å². The summed E-state index contributed by atoms with van der Waals surface area (Å²) in [5.41, 5.74) is 1.15. The Labute approximate surface area is 101 Å². The van der Waals surface area contributed by atoms with E-state index < -0.39 is 0 Å². The Bertz CT molecular complexity index is 385. The van der Waals surface area contributed by atoms with Crippen molar-refractivity contribution in [3.05, 3.63) is 23.8 Å². The lowest BCUT2D eigenvalue weighted by atomic mass is 10.1. The van der Waals surface area contributed by atoms with Gasteiger partial charge in [0.1, 0.15) is 5.69 Å². The van der Waals surface area contributed by atoms with Crippen LogP contribution in [0, 0.1) is 6.92 Å². The summed E-state index contributed by atoms with van der Waals surface area (Å²) < 4.78 is 5.52. The summed E-state index contributed by atoms with van der Waals surface area (Å²) >= 11 is 0. The van der Waals surface area contributed by atoms with Crippen molar-refractivity contribution in [2.75, 3.05) is 6.61 Å². The van der Waals surface area contributed by atoms with Crippen LogP contribution in [-0.2, 0) is 4.74 Å². The molecule has 1 amide bonds. The molecule has 1 aliphatic rings. The minimum Gasteiger partial charge on any atom is -0.376 e. The first-order chi connectivity index (χ1) is 8.16. The lowest BCUT2D eigenvalue weighted by molar-refractivity contribution is 0.0709. The molecule has 2 atom stereocenters. The van der Waals surface area contributed by atoms with Gasteiger partial charge in [0.15, 0.2) is 0 Å². The van der Waals surface area contributed by atoms with Crippen LogP contribution in [0.15, 0.2) is 12.4 Å². The molecule has 0 spiro atoms. The van der Waals surface area contributed by atoms with Crippen molar-refractivity contribution in [1.82, 2.24) is 15.3 Å². The van der Waals surface area contributed by atoms with E-state index in [1.807, 2.05) is 13.8 Å². The van der Waals surface area contributed by atoms with Crippen LogP contribution in [0.3, 0.4) is 0 Å². The third-order valence-electron chi connectivity index (χ3n) is 2.89. The van der Waals surface area contributed by atoms with E-state index in [9.17, 15) is 4.79 Å². The van der Waals surface area contributed by atoms with Crippen LogP contribution in [-0.4, -0.2) is 34.6 Å². The number of hydrogen-bond acceptors (Lipinski definition) is 4. The molecule has 1 N–H and O–H groups in total. The zero-order valence-corrected chi connectivity index (χ0v) is 10.1. The monoisotopic (exact) mass is 235 g/mol. The van der Waals surface area contributed by atoms with Crippen LogP contribution in [0.5, 0.6) is 0 Å². The largest absolute Gasteiger partial charge is 0.376 e. The molecule has 1 aromatic heterocycles. The van der Waals surface area contributed by atoms with Gasteiger partial charge in [-0.3, -0.25) is 9.78 Å². The highest BCUT2D eigenvalue weighted by Crippen LogP contribution is 2.15. The summed E-state index contributed by atoms with van der Waals surface area (Å²) in [5.74, 6) is -0.194. The van der Waals surface area contributed by atoms with E-state index in [-0.39, 0.29) is 18.1 Å². The van der Waals surface area contributed by atoms with Gasteiger partial charge in [0, 0.05) is 12.8 Å². The van der Waals surface area contributed by atoms with Gasteiger partial charge in [-0.25, -0.2) is 4.98 Å². The van der Waals surface area contributed by atoms with Crippen LogP contribution in [0.1, 0.15) is 35.9 Å². The second-order valence-corrected chi connectivity index (χ2v) is 4.36. The molecule has 5 nitrogen and oxygen atoms in total. The fourth-order valence-corrected chi connectivity index (χ4v) is 1.88. The standard InChI is InChI=1S/C12H17N3O2/c1-8-6-14-10(7-13-8)12(16)15-9(2)11-4-3-5-17-11/h6-7,9,11H,3-5H2,1-2H3,(H,15,16). The Hall–Kier alpha value is -1.49. The number of aryl methyl sites for hydroxylation is 1. The summed E-state index contributed by atoms with van der Waals surface area (Å²) in [6, 6.07) is 0.00750. The van der Waals surface area contributed by atoms with Crippen molar-refractivity contribution in [3.8, 4) is 0 Å². The molecule has 2 heterocycles. The van der Waals surface area contributed by atoms with E-state index in [0.717, 1.165) is 25.1 Å². The predicted octanol–water partition coefficient (Wildman–Crippen LogP) is 1.08. The van der Waals surface area contributed by atoms with Gasteiger partial charge >= 0.3 is 0 Å². The molecule has 0 radical (unpaired) electrons. The topological polar surface area (TPSA) is 64.1 Å². The van der Waals surface area contributed by atoms with Crippen molar-refractivity contribution in [3.63, 3.8) is 0 Å². The average molecular weight is 235 g/mol. The van der Waals surface area contributed by atoms with Crippen molar-refractivity contribution in [1.29, 1.82) is 0 Å². The van der Waals surface area contributed by atoms with E-state index in [4.69, 9.17) is 4.74 Å². The Balaban J connectivity index is 1.94. The number of nitrogens with zero attached hydrogens (tertiary/aromatic N) is 2. The van der Waals surface area contributed by atoms with Gasteiger partial charge < -0.3 is 10.1 Å². The second-order valence-electron chi connectivity index (χ2n) is 4.36. The minimum atomic E-state index is -0.194. The van der Waals surface area contributed by atoms with Gasteiger partial charge in [-0.15, -0.1) is 0 Å². The Morgan fingerprint density at radius 1 is 1.53 bits per heavy atom. The van der Waals surface area contributed by atoms with Crippen LogP contribution < -0.4 is 5.32 Å². The highest BCUT2D eigenvalue weighted by Gasteiger charge is 2.24. The smallest absolute Gasteiger partial charge is 0.271 e. The van der Waals surface area contributed by atoms with Crippen molar-refractivity contribution in [2.45, 2.75) is 38.8 Å². The van der Waals surface area contributed by atoms with E-state index in [0.29, 0.717) is 5.69 Å². The molecule has 2 rings (SSSR count). The maximum absolute atomic E-state index is 11.9. The molecule has 2 unspecified atom stereocenters. The molecule has 5 heteroatoms. The summed E-state index contributed by atoms with van der Waals surface area (Å²) in [7, 11) is 0. The van der Waals surface area contributed by atoms with E-state index in [2.05, 4.69) is 15.3 Å². The Kier molecular flexibility index (Phi) is 3.68. The summed E-state index contributed by atoms with van der Waals surface area (Å²) in [4.78, 5) is 19.9. The quantitative estimate of drug-likeness (QED) is 0.851. The van der Waals surface area contributed by atoms with Crippen LogP contribution in [0.25, 0.3) is 0 Å². The van der Waals surface area contributed by atoms with Gasteiger partial charge in [0.05, 0.1) is 24.0 Å². The molecule has 92 valence electrons. The van der Waals surface area contributed by atoms with Crippen molar-refractivity contribution < 1.29 is 9.53 Å². The summed E-state index contributed by atoms with van der Waals surface area (Å²) in [6.07, 6.45) is 5.27. The summed E-state index contributed by atoms with van der Waals surface area (Å²) in [6.45, 7) is 4.58. The van der Waals surface area contributed by atoms with Crippen molar-refractivity contribution in [2.24, 2.45) is 0 Å². The first-order valence-electron chi connectivity index (χ1n) is 5.88. The van der Waals surface area contributed by atoms with Crippen LogP contribution in [0.4, 0.5) is 0 Å². The van der Waals surface area contributed by atoms with Crippen LogP contribution in [0.2, 0.25) is 0 Å². The zero-order valence-electron chi connectivity index (χ0n) is 10.1. The van der Waals surface area contributed by atoms with Gasteiger partial charge in [-0.1, -0.05) is 0 Å². The van der Waals surface area contributed by atoms with Gasteiger partial charge in [0.25, 0.3) is 5.91 Å². The molecule has 0 aliphatic carbocycles. The number of amides is 1. The highest BCUT2D eigenvalue weighted by atomic mass is 16.5. The second kappa shape index (κ2) is 5.23. The number of hydrogen-bond donors (Lipinski definition) is 1. The zero-order chi connectivity index (χ0) is 12.3. The van der Waals surface area contributed by atoms with Gasteiger partial charge in [0.2, 0.25) is 0 Å². The van der Waals surface area contributed by atoms with E-state index in [1.54, 1.807) is 6.20 Å². The van der Waals surface area contributed by atoms with Crippen LogP contribution >= 0.6 is 0 Å². The average Bonchev–Trinajstić information content (AvgIpc) is 2.83. The number of ether oxygens (including phenoxy) is 1. The van der Waals surface area contributed by atoms with E-state index in [1.165, 1.54) is 6.20 Å². The number of rotatable bonds is 3. The molecule has 1 aromatic rings. The lowest BCUT2D eigenvalue weighted by Gasteiger charge is -2.19. The third kappa shape index (κ3) is 3.00. The molecule has 17 heavy (non-hydrogen) atoms. The SMILES string of the molecule is Cc1cnc(C(=O)NC(C)C2CCCO2)cn1. The first-order valence-corrected chi connectivity index (χ1v) is 5.88. The van der Waals surface area contributed by atoms with Crippen molar-refractivity contribution >= 4 is 5.91 Å². The molecule has 0 bridgehead atoms. The predicted molar refractivity (Wildman–Crippen MR) is 62.7 cm³/mol. The Morgan fingerprint density at radius 3 is 2.94 bits per heavy atom. The molecule has 1 saturated heterocycles. The molecule has 0 aromatic carbocycles. The first kappa shape index (κ1) is 12.0. The minimum absolute atomic E-state index is 0.00750. The fourth-order valence-electron chi connectivity index (χ4n) is 1.88. The molecular formula is C12H17N3O2. The third-order valence-corrected chi connectivity index (χ3v) is 2.89. The Morgan fingerprint density at radius 2 is 2.35 bits per heavy atom. The highest BCUT2D eigenvalue weighted by molar-refractivity contribution is 5.92. The maximum atomic E-state index is 11.9. The lowest BCUT2D eigenvalue weighted by Crippen LogP contribution is -2.41. The maximum Gasteiger partial charge on any atom is 0.271 e.